The molecule has 0 aliphatic carbocycles. The summed E-state index contributed by atoms with van der Waals surface area (Å²) < 4.78 is 1.44. The second-order valence-electron chi connectivity index (χ2n) is 3.44. The van der Waals surface area contributed by atoms with E-state index in [2.05, 4.69) is 15.4 Å². The lowest BCUT2D eigenvalue weighted by molar-refractivity contribution is 0.102. The zero-order valence-electron chi connectivity index (χ0n) is 9.12. The maximum absolute atomic E-state index is 11.9. The van der Waals surface area contributed by atoms with Gasteiger partial charge in [-0.15, -0.1) is 0 Å². The SMILES string of the molecule is Cn1cc(Cl)c(C(=O)Nc2ncc(Cl)cc2Cl)n1. The van der Waals surface area contributed by atoms with Gasteiger partial charge < -0.3 is 5.32 Å². The second-order valence-corrected chi connectivity index (χ2v) is 4.69. The fraction of sp³-hybridized carbons (Fsp3) is 0.100. The molecule has 18 heavy (non-hydrogen) atoms. The fourth-order valence-corrected chi connectivity index (χ4v) is 1.98. The molecule has 0 spiro atoms. The van der Waals surface area contributed by atoms with Crippen LogP contribution in [0.25, 0.3) is 0 Å². The maximum Gasteiger partial charge on any atom is 0.278 e. The third-order valence-corrected chi connectivity index (χ3v) is 2.81. The van der Waals surface area contributed by atoms with Crippen LogP contribution in [0.5, 0.6) is 0 Å². The number of carbonyl (C=O) groups is 1. The third-order valence-electron chi connectivity index (χ3n) is 2.04. The van der Waals surface area contributed by atoms with E-state index in [1.807, 2.05) is 0 Å². The Labute approximate surface area is 118 Å². The Bertz CT molecular complexity index is 611. The number of aryl methyl sites for hydroxylation is 1. The number of anilines is 1. The van der Waals surface area contributed by atoms with Crippen molar-refractivity contribution in [1.82, 2.24) is 14.8 Å². The van der Waals surface area contributed by atoms with Crippen molar-refractivity contribution in [2.45, 2.75) is 0 Å². The Morgan fingerprint density at radius 1 is 1.33 bits per heavy atom. The van der Waals surface area contributed by atoms with Gasteiger partial charge in [0.05, 0.1) is 15.1 Å². The van der Waals surface area contributed by atoms with Crippen molar-refractivity contribution in [3.63, 3.8) is 0 Å². The van der Waals surface area contributed by atoms with E-state index < -0.39 is 5.91 Å². The highest BCUT2D eigenvalue weighted by atomic mass is 35.5. The largest absolute Gasteiger partial charge is 0.304 e. The molecule has 0 aromatic carbocycles. The molecule has 2 rings (SSSR count). The molecule has 2 heterocycles. The quantitative estimate of drug-likeness (QED) is 0.927. The molecule has 0 fully saturated rings. The molecule has 8 heteroatoms. The molecule has 0 bridgehead atoms. The Hall–Kier alpha value is -1.30. The summed E-state index contributed by atoms with van der Waals surface area (Å²) in [5.41, 5.74) is 0.104. The highest BCUT2D eigenvalue weighted by Gasteiger charge is 2.16. The number of aromatic nitrogens is 3. The van der Waals surface area contributed by atoms with Gasteiger partial charge in [-0.25, -0.2) is 4.98 Å². The van der Waals surface area contributed by atoms with E-state index in [1.54, 1.807) is 7.05 Å². The van der Waals surface area contributed by atoms with E-state index in [-0.39, 0.29) is 21.6 Å². The summed E-state index contributed by atoms with van der Waals surface area (Å²) in [6, 6.07) is 1.48. The monoisotopic (exact) mass is 304 g/mol. The van der Waals surface area contributed by atoms with Crippen LogP contribution in [0.2, 0.25) is 15.1 Å². The molecule has 0 aliphatic rings. The number of rotatable bonds is 2. The Balaban J connectivity index is 2.24. The molecule has 94 valence electrons. The zero-order valence-corrected chi connectivity index (χ0v) is 11.4. The van der Waals surface area contributed by atoms with Crippen molar-refractivity contribution in [3.05, 3.63) is 39.2 Å². The molecule has 2 aromatic heterocycles. The minimum atomic E-state index is -0.489. The summed E-state index contributed by atoms with van der Waals surface area (Å²) in [5.74, 6) is -0.287. The Kier molecular flexibility index (Phi) is 3.75. The summed E-state index contributed by atoms with van der Waals surface area (Å²) >= 11 is 17.4. The summed E-state index contributed by atoms with van der Waals surface area (Å²) in [6.45, 7) is 0. The maximum atomic E-state index is 11.9. The van der Waals surface area contributed by atoms with Gasteiger partial charge in [0, 0.05) is 19.4 Å². The smallest absolute Gasteiger partial charge is 0.278 e. The number of hydrogen-bond donors (Lipinski definition) is 1. The van der Waals surface area contributed by atoms with E-state index >= 15 is 0 Å². The minimum absolute atomic E-state index is 0.104. The number of carbonyl (C=O) groups excluding carboxylic acids is 1. The van der Waals surface area contributed by atoms with Crippen molar-refractivity contribution in [2.24, 2.45) is 7.05 Å². The lowest BCUT2D eigenvalue weighted by atomic mass is 10.4. The van der Waals surface area contributed by atoms with Gasteiger partial charge in [-0.2, -0.15) is 5.10 Å². The molecule has 0 unspecified atom stereocenters. The van der Waals surface area contributed by atoms with Gasteiger partial charge in [0.2, 0.25) is 0 Å². The number of nitrogens with zero attached hydrogens (tertiary/aromatic N) is 3. The fourth-order valence-electron chi connectivity index (χ4n) is 1.29. The molecule has 0 atom stereocenters. The first kappa shape index (κ1) is 13.1. The van der Waals surface area contributed by atoms with E-state index in [9.17, 15) is 4.79 Å². The highest BCUT2D eigenvalue weighted by Crippen LogP contribution is 2.23. The van der Waals surface area contributed by atoms with Gasteiger partial charge in [-0.1, -0.05) is 34.8 Å². The van der Waals surface area contributed by atoms with Crippen molar-refractivity contribution in [3.8, 4) is 0 Å². The van der Waals surface area contributed by atoms with Crippen LogP contribution < -0.4 is 5.32 Å². The zero-order chi connectivity index (χ0) is 13.3. The van der Waals surface area contributed by atoms with E-state index in [4.69, 9.17) is 34.8 Å². The van der Waals surface area contributed by atoms with E-state index in [1.165, 1.54) is 23.1 Å². The molecule has 2 aromatic rings. The third kappa shape index (κ3) is 2.75. The van der Waals surface area contributed by atoms with Crippen LogP contribution >= 0.6 is 34.8 Å². The van der Waals surface area contributed by atoms with E-state index in [0.29, 0.717) is 5.02 Å². The average molecular weight is 306 g/mol. The minimum Gasteiger partial charge on any atom is -0.304 e. The second kappa shape index (κ2) is 5.14. The first-order valence-electron chi connectivity index (χ1n) is 4.79. The van der Waals surface area contributed by atoms with Crippen molar-refractivity contribution in [2.75, 3.05) is 5.32 Å². The standard InChI is InChI=1S/C10H7Cl3N4O/c1-17-4-7(13)8(16-17)10(18)15-9-6(12)2-5(11)3-14-9/h2-4H,1H3,(H,14,15,18). The van der Waals surface area contributed by atoms with Gasteiger partial charge in [-0.3, -0.25) is 9.48 Å². The predicted molar refractivity (Wildman–Crippen MR) is 70.4 cm³/mol. The summed E-state index contributed by atoms with van der Waals surface area (Å²) in [4.78, 5) is 15.8. The molecule has 0 aliphatic heterocycles. The summed E-state index contributed by atoms with van der Waals surface area (Å²) in [6.07, 6.45) is 2.90. The normalized spacial score (nSPS) is 10.4. The van der Waals surface area contributed by atoms with Crippen LogP contribution in [-0.4, -0.2) is 20.7 Å². The van der Waals surface area contributed by atoms with Gasteiger partial charge in [0.15, 0.2) is 11.5 Å². The first-order chi connectivity index (χ1) is 8.47. The van der Waals surface area contributed by atoms with E-state index in [0.717, 1.165) is 0 Å². The lowest BCUT2D eigenvalue weighted by Crippen LogP contribution is -2.14. The van der Waals surface area contributed by atoms with Crippen molar-refractivity contribution in [1.29, 1.82) is 0 Å². The predicted octanol–water partition coefficient (Wildman–Crippen LogP) is 3.03. The van der Waals surface area contributed by atoms with Gasteiger partial charge in [0.25, 0.3) is 5.91 Å². The molecular weight excluding hydrogens is 298 g/mol. The van der Waals surface area contributed by atoms with Crippen LogP contribution in [0.4, 0.5) is 5.82 Å². The first-order valence-corrected chi connectivity index (χ1v) is 5.92. The van der Waals surface area contributed by atoms with Crippen LogP contribution in [-0.2, 0) is 7.05 Å². The molecule has 1 amide bonds. The summed E-state index contributed by atoms with van der Waals surface area (Å²) in [5, 5.41) is 7.31. The average Bonchev–Trinajstić information content (AvgIpc) is 2.62. The lowest BCUT2D eigenvalue weighted by Gasteiger charge is -2.04. The van der Waals surface area contributed by atoms with Gasteiger partial charge in [0.1, 0.15) is 0 Å². The van der Waals surface area contributed by atoms with Crippen LogP contribution in [0.1, 0.15) is 10.5 Å². The van der Waals surface area contributed by atoms with Crippen LogP contribution in [0.15, 0.2) is 18.5 Å². The van der Waals surface area contributed by atoms with Gasteiger partial charge in [-0.05, 0) is 6.07 Å². The molecule has 1 N–H and O–H groups in total. The molecule has 5 nitrogen and oxygen atoms in total. The van der Waals surface area contributed by atoms with Crippen LogP contribution in [0, 0.1) is 0 Å². The topological polar surface area (TPSA) is 59.8 Å². The molecule has 0 saturated heterocycles. The van der Waals surface area contributed by atoms with Crippen LogP contribution in [0.3, 0.4) is 0 Å². The Morgan fingerprint density at radius 2 is 2.06 bits per heavy atom. The molecular formula is C10H7Cl3N4O. The van der Waals surface area contributed by atoms with Gasteiger partial charge >= 0.3 is 0 Å². The number of halogens is 3. The van der Waals surface area contributed by atoms with Crippen molar-refractivity contribution < 1.29 is 4.79 Å². The number of nitrogens with one attached hydrogen (secondary N) is 1. The number of amides is 1. The highest BCUT2D eigenvalue weighted by molar-refractivity contribution is 6.37. The molecule has 0 radical (unpaired) electrons. The Morgan fingerprint density at radius 3 is 2.61 bits per heavy atom. The number of hydrogen-bond acceptors (Lipinski definition) is 3. The van der Waals surface area contributed by atoms with Crippen molar-refractivity contribution >= 4 is 46.5 Å². The number of pyridine rings is 1. The molecule has 0 saturated carbocycles. The summed E-state index contributed by atoms with van der Waals surface area (Å²) in [7, 11) is 1.66.